The molecule has 2 saturated carbocycles. The second-order valence-electron chi connectivity index (χ2n) is 17.6. The molecule has 336 valence electrons. The maximum Gasteiger partial charge on any atom is 0.433 e. The number of halogens is 2. The SMILES string of the molecule is C=NOC(=O)NCC1(n2c(C(=O)N3CCC(N)=C(C(=N/C=C(\N)c4ccc(NC5CC5)c(C=N)c4F)Nc4cc(C)c(F)c(C)c4)C3C)cc3cc(C4CCOCC4)ccc32)CC1C. The Morgan fingerprint density at radius 3 is 2.42 bits per heavy atom. The summed E-state index contributed by atoms with van der Waals surface area (Å²) in [6, 6.07) is 14.5. The highest BCUT2D eigenvalue weighted by molar-refractivity contribution is 6.11. The number of amidine groups is 1. The van der Waals surface area contributed by atoms with Gasteiger partial charge in [-0.3, -0.25) is 9.63 Å². The number of amides is 2. The highest BCUT2D eigenvalue weighted by Gasteiger charge is 2.55. The standard InChI is InChI=1S/C48H56F2N10O4/c1-26-18-34(19-27(2)43(26)49)58-45(55-24-38(53)35-9-10-39(57-33-7-8-33)36(23-51)44(35)50)42-29(4)59(15-12-37(42)52)46(61)41-21-32-20-31(30-13-16-63-17-14-30)6-11-40(32)60(41)48(22-28(48)3)25-56-47(62)64-54-5/h6,9-11,18-21,23-24,28-30,33,51,57H,5,7-8,12-17,22,25,52-53H2,1-4H3,(H,55,58)(H,56,62)/b38-24-,51-23?. The van der Waals surface area contributed by atoms with Crippen molar-refractivity contribution in [3.05, 3.63) is 111 Å². The van der Waals surface area contributed by atoms with Crippen molar-refractivity contribution in [3.63, 3.8) is 0 Å². The third-order valence-corrected chi connectivity index (χ3v) is 13.3. The molecule has 2 aliphatic heterocycles. The topological polar surface area (TPSA) is 197 Å². The molecule has 3 fully saturated rings. The van der Waals surface area contributed by atoms with Gasteiger partial charge in [0.05, 0.1) is 29.0 Å². The van der Waals surface area contributed by atoms with E-state index < -0.39 is 23.5 Å². The first kappa shape index (κ1) is 44.1. The summed E-state index contributed by atoms with van der Waals surface area (Å²) in [5, 5.41) is 21.5. The first-order chi connectivity index (χ1) is 30.7. The molecule has 0 spiro atoms. The van der Waals surface area contributed by atoms with Crippen LogP contribution in [0.3, 0.4) is 0 Å². The number of aryl methyl sites for hydroxylation is 2. The summed E-state index contributed by atoms with van der Waals surface area (Å²) < 4.78 is 38.6. The molecule has 3 atom stereocenters. The summed E-state index contributed by atoms with van der Waals surface area (Å²) in [5.74, 6) is -0.584. The molecule has 3 unspecified atom stereocenters. The van der Waals surface area contributed by atoms with Crippen LogP contribution in [0.2, 0.25) is 0 Å². The van der Waals surface area contributed by atoms with E-state index in [9.17, 15) is 9.18 Å². The van der Waals surface area contributed by atoms with Gasteiger partial charge >= 0.3 is 6.09 Å². The minimum absolute atomic E-state index is 0.00485. The number of anilines is 2. The van der Waals surface area contributed by atoms with E-state index in [0.29, 0.717) is 78.0 Å². The highest BCUT2D eigenvalue weighted by atomic mass is 19.1. The normalized spacial score (nSPS) is 21.8. The number of fused-ring (bicyclic) bond motifs is 1. The quantitative estimate of drug-likeness (QED) is 0.0336. The lowest BCUT2D eigenvalue weighted by Crippen LogP contribution is -2.48. The molecule has 2 amide bonds. The summed E-state index contributed by atoms with van der Waals surface area (Å²) >= 11 is 0. The second kappa shape index (κ2) is 17.9. The van der Waals surface area contributed by atoms with E-state index in [-0.39, 0.29) is 52.9 Å². The Bertz CT molecular complexity index is 2600. The Hall–Kier alpha value is -6.55. The predicted octanol–water partition coefficient (Wildman–Crippen LogP) is 7.99. The number of carbonyl (C=O) groups is 2. The van der Waals surface area contributed by atoms with Crippen molar-refractivity contribution in [2.75, 3.05) is 36.9 Å². The van der Waals surface area contributed by atoms with Gasteiger partial charge in [0.25, 0.3) is 5.91 Å². The van der Waals surface area contributed by atoms with Gasteiger partial charge in [0.15, 0.2) is 0 Å². The molecule has 0 radical (unpaired) electrons. The lowest BCUT2D eigenvalue weighted by atomic mass is 9.91. The third kappa shape index (κ3) is 8.58. The fourth-order valence-electron chi connectivity index (χ4n) is 9.41. The van der Waals surface area contributed by atoms with Gasteiger partial charge in [-0.2, -0.15) is 0 Å². The first-order valence-corrected chi connectivity index (χ1v) is 21.9. The first-order valence-electron chi connectivity index (χ1n) is 21.9. The number of benzene rings is 3. The Labute approximate surface area is 371 Å². The molecule has 3 aromatic carbocycles. The van der Waals surface area contributed by atoms with Gasteiger partial charge in [-0.05, 0) is 124 Å². The van der Waals surface area contributed by atoms with Crippen LogP contribution in [0.25, 0.3) is 16.6 Å². The second-order valence-corrected chi connectivity index (χ2v) is 17.6. The number of nitrogens with one attached hydrogen (secondary N) is 4. The molecule has 16 heteroatoms. The molecular formula is C48H56F2N10O4. The molecule has 4 aliphatic rings. The Morgan fingerprint density at radius 1 is 1.05 bits per heavy atom. The van der Waals surface area contributed by atoms with Crippen LogP contribution < -0.4 is 27.4 Å². The van der Waals surface area contributed by atoms with Crippen molar-refractivity contribution < 1.29 is 27.9 Å². The Kier molecular flexibility index (Phi) is 12.3. The minimum atomic E-state index is -0.740. The van der Waals surface area contributed by atoms with E-state index in [1.807, 2.05) is 13.0 Å². The number of rotatable bonds is 13. The number of aromatic nitrogens is 1. The van der Waals surface area contributed by atoms with Crippen LogP contribution in [-0.2, 0) is 15.1 Å². The lowest BCUT2D eigenvalue weighted by Gasteiger charge is -2.37. The molecule has 1 saturated heterocycles. The third-order valence-electron chi connectivity index (χ3n) is 13.3. The zero-order valence-electron chi connectivity index (χ0n) is 36.7. The zero-order valence-corrected chi connectivity index (χ0v) is 36.7. The van der Waals surface area contributed by atoms with Gasteiger partial charge < -0.3 is 47.0 Å². The number of ether oxygens (including phenoxy) is 1. The van der Waals surface area contributed by atoms with Crippen LogP contribution in [0, 0.1) is 36.8 Å². The molecule has 0 bridgehead atoms. The van der Waals surface area contributed by atoms with Gasteiger partial charge in [0.2, 0.25) is 0 Å². The molecule has 14 nitrogen and oxygen atoms in total. The van der Waals surface area contributed by atoms with Gasteiger partial charge in [-0.1, -0.05) is 18.1 Å². The number of hydrogen-bond donors (Lipinski definition) is 6. The van der Waals surface area contributed by atoms with Crippen molar-refractivity contribution in [2.45, 2.75) is 89.8 Å². The molecule has 1 aromatic heterocycles. The van der Waals surface area contributed by atoms with Gasteiger partial charge in [0.1, 0.15) is 23.2 Å². The van der Waals surface area contributed by atoms with Crippen LogP contribution in [-0.4, -0.2) is 78.6 Å². The Balaban J connectivity index is 1.19. The van der Waals surface area contributed by atoms with Gasteiger partial charge in [-0.15, -0.1) is 0 Å². The zero-order chi connectivity index (χ0) is 45.4. The number of hydrogen-bond acceptors (Lipinski definition) is 10. The van der Waals surface area contributed by atoms with Crippen LogP contribution >= 0.6 is 0 Å². The van der Waals surface area contributed by atoms with Gasteiger partial charge in [0, 0.05) is 90.8 Å². The number of nitrogens with zero attached hydrogens (tertiary/aromatic N) is 4. The van der Waals surface area contributed by atoms with Crippen molar-refractivity contribution in [3.8, 4) is 0 Å². The summed E-state index contributed by atoms with van der Waals surface area (Å²) in [4.78, 5) is 39.1. The van der Waals surface area contributed by atoms with Crippen molar-refractivity contribution in [1.82, 2.24) is 14.8 Å². The van der Waals surface area contributed by atoms with E-state index in [1.165, 1.54) is 11.8 Å². The van der Waals surface area contributed by atoms with Crippen LogP contribution in [0.5, 0.6) is 0 Å². The smallest absolute Gasteiger partial charge is 0.402 e. The van der Waals surface area contributed by atoms with Crippen LogP contribution in [0.4, 0.5) is 25.0 Å². The van der Waals surface area contributed by atoms with Crippen LogP contribution in [0.15, 0.2) is 76.1 Å². The maximum absolute atomic E-state index is 16.0. The summed E-state index contributed by atoms with van der Waals surface area (Å²) in [5.41, 5.74) is 18.2. The Morgan fingerprint density at radius 2 is 1.77 bits per heavy atom. The van der Waals surface area contributed by atoms with E-state index in [1.54, 1.807) is 43.0 Å². The maximum atomic E-state index is 16.0. The molecule has 4 aromatic rings. The van der Waals surface area contributed by atoms with E-state index in [2.05, 4.69) is 57.5 Å². The fourth-order valence-corrected chi connectivity index (χ4v) is 9.41. The summed E-state index contributed by atoms with van der Waals surface area (Å²) in [6.45, 7) is 12.4. The largest absolute Gasteiger partial charge is 0.433 e. The molecule has 3 heterocycles. The van der Waals surface area contributed by atoms with Gasteiger partial charge in [-0.25, -0.2) is 18.6 Å². The number of nitrogens with two attached hydrogens (primary N) is 2. The monoisotopic (exact) mass is 874 g/mol. The molecule has 2 aliphatic carbocycles. The van der Waals surface area contributed by atoms with E-state index in [4.69, 9.17) is 31.4 Å². The number of oxime groups is 1. The minimum Gasteiger partial charge on any atom is -0.402 e. The molecule has 8 N–H and O–H groups in total. The van der Waals surface area contributed by atoms with E-state index >= 15 is 9.18 Å². The van der Waals surface area contributed by atoms with Crippen molar-refractivity contribution in [2.24, 2.45) is 27.5 Å². The van der Waals surface area contributed by atoms with E-state index in [0.717, 1.165) is 42.8 Å². The average Bonchev–Trinajstić information content (AvgIpc) is 4.19. The lowest BCUT2D eigenvalue weighted by molar-refractivity contribution is 0.0696. The fraction of sp³-hybridized carbons (Fsp3) is 0.396. The molecule has 64 heavy (non-hydrogen) atoms. The average molecular weight is 875 g/mol. The molecular weight excluding hydrogens is 819 g/mol. The summed E-state index contributed by atoms with van der Waals surface area (Å²) in [7, 11) is 0. The summed E-state index contributed by atoms with van der Waals surface area (Å²) in [6.07, 6.45) is 6.32. The van der Waals surface area contributed by atoms with Crippen molar-refractivity contribution >= 4 is 58.7 Å². The predicted molar refractivity (Wildman–Crippen MR) is 247 cm³/mol. The molecule has 8 rings (SSSR count). The number of carbonyl (C=O) groups excluding carboxylic acids is 2. The van der Waals surface area contributed by atoms with Crippen LogP contribution in [0.1, 0.15) is 96.6 Å². The highest BCUT2D eigenvalue weighted by Crippen LogP contribution is 2.52. The van der Waals surface area contributed by atoms with Crippen molar-refractivity contribution in [1.29, 1.82) is 5.41 Å². The number of aliphatic imine (C=N–C) groups is 1.